The lowest BCUT2D eigenvalue weighted by Crippen LogP contribution is -2.17. The van der Waals surface area contributed by atoms with Crippen LogP contribution in [0.1, 0.15) is 26.7 Å². The Hall–Kier alpha value is -1.69. The van der Waals surface area contributed by atoms with Crippen LogP contribution in [0.4, 0.5) is 11.6 Å². The van der Waals surface area contributed by atoms with Crippen LogP contribution < -0.4 is 10.6 Å². The molecule has 20 heavy (non-hydrogen) atoms. The molecule has 0 radical (unpaired) electrons. The van der Waals surface area contributed by atoms with Crippen LogP contribution in [0.15, 0.2) is 12.1 Å². The van der Waals surface area contributed by atoms with Gasteiger partial charge in [0, 0.05) is 13.0 Å². The highest BCUT2D eigenvalue weighted by Gasteiger charge is 2.06. The zero-order chi connectivity index (χ0) is 15.0. The molecule has 0 bridgehead atoms. The molecule has 0 saturated carbocycles. The van der Waals surface area contributed by atoms with Crippen LogP contribution in [0.25, 0.3) is 0 Å². The van der Waals surface area contributed by atoms with Gasteiger partial charge in [-0.25, -0.2) is 0 Å². The van der Waals surface area contributed by atoms with Gasteiger partial charge in [0.25, 0.3) is 0 Å². The summed E-state index contributed by atoms with van der Waals surface area (Å²) < 4.78 is 0. The maximum absolute atomic E-state index is 11.6. The fourth-order valence-electron chi connectivity index (χ4n) is 1.67. The van der Waals surface area contributed by atoms with Gasteiger partial charge < -0.3 is 15.5 Å². The molecule has 0 saturated heterocycles. The summed E-state index contributed by atoms with van der Waals surface area (Å²) in [5.74, 6) is 1.53. The van der Waals surface area contributed by atoms with Crippen LogP contribution in [0, 0.1) is 5.92 Å². The standard InChI is InChI=1S/C14H25N5O/c1-11(2)10-14(20)16-13-7-6-12(17-18-13)15-8-5-9-19(3)4/h6-7,11H,5,8-10H2,1-4H3,(H,15,17)(H,16,18,20). The van der Waals surface area contributed by atoms with Crippen molar-refractivity contribution in [1.82, 2.24) is 15.1 Å². The second kappa shape index (κ2) is 8.47. The number of anilines is 2. The number of hydrogen-bond donors (Lipinski definition) is 2. The summed E-state index contributed by atoms with van der Waals surface area (Å²) in [5, 5.41) is 14.0. The molecule has 0 aliphatic rings. The summed E-state index contributed by atoms with van der Waals surface area (Å²) in [6.07, 6.45) is 1.54. The van der Waals surface area contributed by atoms with Crippen molar-refractivity contribution >= 4 is 17.5 Å². The molecular weight excluding hydrogens is 254 g/mol. The molecule has 0 atom stereocenters. The fourth-order valence-corrected chi connectivity index (χ4v) is 1.67. The molecule has 1 aromatic rings. The van der Waals surface area contributed by atoms with Crippen molar-refractivity contribution in [3.8, 4) is 0 Å². The minimum atomic E-state index is -0.0269. The molecule has 0 unspecified atom stereocenters. The summed E-state index contributed by atoms with van der Waals surface area (Å²) >= 11 is 0. The van der Waals surface area contributed by atoms with Crippen LogP contribution in [0.2, 0.25) is 0 Å². The minimum absolute atomic E-state index is 0.0269. The molecule has 1 aromatic heterocycles. The SMILES string of the molecule is CC(C)CC(=O)Nc1ccc(NCCCN(C)C)nn1. The number of carbonyl (C=O) groups excluding carboxylic acids is 1. The monoisotopic (exact) mass is 279 g/mol. The van der Waals surface area contributed by atoms with Gasteiger partial charge in [-0.15, -0.1) is 10.2 Å². The topological polar surface area (TPSA) is 70.2 Å². The normalized spacial score (nSPS) is 10.9. The highest BCUT2D eigenvalue weighted by atomic mass is 16.1. The van der Waals surface area contributed by atoms with Crippen LogP contribution in [-0.2, 0) is 4.79 Å². The molecule has 0 fully saturated rings. The van der Waals surface area contributed by atoms with E-state index in [9.17, 15) is 4.79 Å². The first-order chi connectivity index (χ1) is 9.47. The van der Waals surface area contributed by atoms with E-state index >= 15 is 0 Å². The fraction of sp³-hybridized carbons (Fsp3) is 0.643. The molecule has 112 valence electrons. The summed E-state index contributed by atoms with van der Waals surface area (Å²) in [7, 11) is 4.10. The van der Waals surface area contributed by atoms with E-state index in [1.807, 2.05) is 19.9 Å². The third kappa shape index (κ3) is 7.04. The van der Waals surface area contributed by atoms with Crippen LogP contribution in [0.5, 0.6) is 0 Å². The van der Waals surface area contributed by atoms with Crippen LogP contribution in [0.3, 0.4) is 0 Å². The molecule has 0 aliphatic carbocycles. The maximum Gasteiger partial charge on any atom is 0.225 e. The first kappa shape index (κ1) is 16.4. The van der Waals surface area contributed by atoms with Crippen molar-refractivity contribution in [1.29, 1.82) is 0 Å². The van der Waals surface area contributed by atoms with Crippen molar-refractivity contribution < 1.29 is 4.79 Å². The molecule has 0 aliphatic heterocycles. The number of hydrogen-bond acceptors (Lipinski definition) is 5. The van der Waals surface area contributed by atoms with E-state index < -0.39 is 0 Å². The van der Waals surface area contributed by atoms with E-state index in [2.05, 4.69) is 39.8 Å². The van der Waals surface area contributed by atoms with Crippen molar-refractivity contribution in [3.05, 3.63) is 12.1 Å². The number of nitrogens with one attached hydrogen (secondary N) is 2. The van der Waals surface area contributed by atoms with Gasteiger partial charge in [-0.1, -0.05) is 13.8 Å². The predicted molar refractivity (Wildman–Crippen MR) is 81.8 cm³/mol. The molecule has 0 spiro atoms. The highest BCUT2D eigenvalue weighted by Crippen LogP contribution is 2.08. The zero-order valence-electron chi connectivity index (χ0n) is 12.8. The Morgan fingerprint density at radius 1 is 1.25 bits per heavy atom. The molecule has 1 amide bonds. The Bertz CT molecular complexity index is 403. The highest BCUT2D eigenvalue weighted by molar-refractivity contribution is 5.89. The summed E-state index contributed by atoms with van der Waals surface area (Å²) in [6, 6.07) is 3.59. The number of nitrogens with zero attached hydrogens (tertiary/aromatic N) is 3. The Kier molecular flexibility index (Phi) is 6.93. The molecular formula is C14H25N5O. The van der Waals surface area contributed by atoms with Crippen LogP contribution in [-0.4, -0.2) is 48.2 Å². The van der Waals surface area contributed by atoms with Crippen molar-refractivity contribution in [2.75, 3.05) is 37.8 Å². The lowest BCUT2D eigenvalue weighted by Gasteiger charge is -2.10. The summed E-state index contributed by atoms with van der Waals surface area (Å²) in [5.41, 5.74) is 0. The quantitative estimate of drug-likeness (QED) is 0.710. The van der Waals surface area contributed by atoms with Gasteiger partial charge in [-0.2, -0.15) is 0 Å². The predicted octanol–water partition coefficient (Wildman–Crippen LogP) is 1.82. The number of rotatable bonds is 8. The van der Waals surface area contributed by atoms with Gasteiger partial charge in [0.15, 0.2) is 5.82 Å². The van der Waals surface area contributed by atoms with E-state index in [1.165, 1.54) is 0 Å². The van der Waals surface area contributed by atoms with Crippen molar-refractivity contribution in [3.63, 3.8) is 0 Å². The Balaban J connectivity index is 2.34. The second-order valence-electron chi connectivity index (χ2n) is 5.53. The second-order valence-corrected chi connectivity index (χ2v) is 5.53. The molecule has 1 heterocycles. The van der Waals surface area contributed by atoms with E-state index in [0.717, 1.165) is 25.3 Å². The van der Waals surface area contributed by atoms with Crippen molar-refractivity contribution in [2.24, 2.45) is 5.92 Å². The smallest absolute Gasteiger partial charge is 0.225 e. The molecule has 6 nitrogen and oxygen atoms in total. The van der Waals surface area contributed by atoms with E-state index in [4.69, 9.17) is 0 Å². The van der Waals surface area contributed by atoms with E-state index in [-0.39, 0.29) is 5.91 Å². The zero-order valence-corrected chi connectivity index (χ0v) is 12.8. The first-order valence-corrected chi connectivity index (χ1v) is 6.99. The Labute approximate surface area is 121 Å². The summed E-state index contributed by atoms with van der Waals surface area (Å²) in [6.45, 7) is 5.90. The number of carbonyl (C=O) groups is 1. The van der Waals surface area contributed by atoms with E-state index in [0.29, 0.717) is 18.2 Å². The molecule has 6 heteroatoms. The third-order valence-corrected chi connectivity index (χ3v) is 2.61. The number of amides is 1. The Morgan fingerprint density at radius 2 is 1.90 bits per heavy atom. The molecule has 2 N–H and O–H groups in total. The van der Waals surface area contributed by atoms with Crippen molar-refractivity contribution in [2.45, 2.75) is 26.7 Å². The Morgan fingerprint density at radius 3 is 2.45 bits per heavy atom. The minimum Gasteiger partial charge on any atom is -0.369 e. The van der Waals surface area contributed by atoms with Gasteiger partial charge in [-0.05, 0) is 45.1 Å². The van der Waals surface area contributed by atoms with Gasteiger partial charge in [0.05, 0.1) is 0 Å². The van der Waals surface area contributed by atoms with Gasteiger partial charge in [-0.3, -0.25) is 4.79 Å². The number of aromatic nitrogens is 2. The average molecular weight is 279 g/mol. The molecule has 1 rings (SSSR count). The summed E-state index contributed by atoms with van der Waals surface area (Å²) in [4.78, 5) is 13.7. The van der Waals surface area contributed by atoms with Crippen LogP contribution >= 0.6 is 0 Å². The van der Waals surface area contributed by atoms with Gasteiger partial charge >= 0.3 is 0 Å². The molecule has 0 aromatic carbocycles. The van der Waals surface area contributed by atoms with E-state index in [1.54, 1.807) is 6.07 Å². The van der Waals surface area contributed by atoms with Gasteiger partial charge in [0.2, 0.25) is 5.91 Å². The lowest BCUT2D eigenvalue weighted by atomic mass is 10.1. The lowest BCUT2D eigenvalue weighted by molar-refractivity contribution is -0.116. The van der Waals surface area contributed by atoms with Gasteiger partial charge in [0.1, 0.15) is 5.82 Å². The third-order valence-electron chi connectivity index (χ3n) is 2.61. The largest absolute Gasteiger partial charge is 0.369 e. The first-order valence-electron chi connectivity index (χ1n) is 6.99. The maximum atomic E-state index is 11.6. The average Bonchev–Trinajstić information content (AvgIpc) is 2.35.